The first-order chi connectivity index (χ1) is 14.2. The molecule has 5 nitrogen and oxygen atoms in total. The first kappa shape index (κ1) is 20.0. The predicted molar refractivity (Wildman–Crippen MR) is 112 cm³/mol. The van der Waals surface area contributed by atoms with E-state index in [-0.39, 0.29) is 17.3 Å². The molecule has 0 saturated heterocycles. The van der Waals surface area contributed by atoms with Gasteiger partial charge in [0.05, 0.1) is 23.9 Å². The largest absolute Gasteiger partial charge is 0.506 e. The van der Waals surface area contributed by atoms with Gasteiger partial charge in [0, 0.05) is 5.56 Å². The molecule has 0 atom stereocenters. The Hall–Kier alpha value is -3.78. The van der Waals surface area contributed by atoms with Crippen LogP contribution in [-0.4, -0.2) is 17.6 Å². The molecule has 0 saturated carbocycles. The number of nitriles is 1. The average Bonchev–Trinajstić information content (AvgIpc) is 2.76. The van der Waals surface area contributed by atoms with E-state index in [0.717, 1.165) is 19.3 Å². The molecule has 0 spiro atoms. The number of nitrogens with one attached hydrogen (secondary N) is 1. The Morgan fingerprint density at radius 2 is 1.76 bits per heavy atom. The number of rotatable bonds is 8. The van der Waals surface area contributed by atoms with Gasteiger partial charge in [-0.1, -0.05) is 30.3 Å². The zero-order chi connectivity index (χ0) is 20.5. The average molecular weight is 386 g/mol. The monoisotopic (exact) mass is 386 g/mol. The van der Waals surface area contributed by atoms with Gasteiger partial charge in [-0.25, -0.2) is 0 Å². The quantitative estimate of drug-likeness (QED) is 0.425. The van der Waals surface area contributed by atoms with Crippen LogP contribution in [0.2, 0.25) is 0 Å². The van der Waals surface area contributed by atoms with Crippen molar-refractivity contribution in [2.45, 2.75) is 19.3 Å². The summed E-state index contributed by atoms with van der Waals surface area (Å²) in [7, 11) is 0. The number of anilines is 1. The number of carbonyl (C=O) groups is 1. The van der Waals surface area contributed by atoms with Crippen molar-refractivity contribution in [2.24, 2.45) is 0 Å². The third kappa shape index (κ3) is 5.85. The lowest BCUT2D eigenvalue weighted by atomic mass is 10.1. The Kier molecular flexibility index (Phi) is 6.85. The molecule has 2 N–H and O–H groups in total. The molecule has 0 bridgehead atoms. The maximum Gasteiger partial charge on any atom is 0.255 e. The molecule has 5 heteroatoms. The summed E-state index contributed by atoms with van der Waals surface area (Å²) < 4.78 is 5.74. The van der Waals surface area contributed by atoms with Crippen molar-refractivity contribution in [3.8, 4) is 17.6 Å². The second kappa shape index (κ2) is 9.95. The van der Waals surface area contributed by atoms with E-state index in [0.29, 0.717) is 23.5 Å². The smallest absolute Gasteiger partial charge is 0.255 e. The molecule has 146 valence electrons. The minimum atomic E-state index is -0.371. The van der Waals surface area contributed by atoms with Crippen LogP contribution in [0.15, 0.2) is 72.8 Å². The molecule has 0 aliphatic rings. The Labute approximate surface area is 170 Å². The number of amides is 1. The Morgan fingerprint density at radius 1 is 1.00 bits per heavy atom. The number of phenolic OH excluding ortho intramolecular Hbond substituents is 1. The van der Waals surface area contributed by atoms with Crippen LogP contribution in [0.5, 0.6) is 11.5 Å². The van der Waals surface area contributed by atoms with E-state index in [1.807, 2.05) is 24.3 Å². The maximum absolute atomic E-state index is 12.4. The van der Waals surface area contributed by atoms with Gasteiger partial charge in [-0.05, 0) is 67.3 Å². The SMILES string of the molecule is N#Cc1ccc(O)c(NC(=O)c2ccc(OCCCCc3ccccc3)cc2)c1. The molecule has 0 heterocycles. The number of aromatic hydroxyl groups is 1. The lowest BCUT2D eigenvalue weighted by Crippen LogP contribution is -2.12. The summed E-state index contributed by atoms with van der Waals surface area (Å²) in [6, 6.07) is 23.5. The number of ether oxygens (including phenoxy) is 1. The van der Waals surface area contributed by atoms with Gasteiger partial charge >= 0.3 is 0 Å². The summed E-state index contributed by atoms with van der Waals surface area (Å²) in [5, 5.41) is 21.4. The Bertz CT molecular complexity index is 993. The number of unbranched alkanes of at least 4 members (excludes halogenated alkanes) is 1. The fourth-order valence-corrected chi connectivity index (χ4v) is 2.87. The van der Waals surface area contributed by atoms with Gasteiger partial charge in [0.1, 0.15) is 11.5 Å². The van der Waals surface area contributed by atoms with E-state index in [2.05, 4.69) is 17.4 Å². The minimum Gasteiger partial charge on any atom is -0.506 e. The predicted octanol–water partition coefficient (Wildman–Crippen LogP) is 4.92. The van der Waals surface area contributed by atoms with Gasteiger partial charge in [0.15, 0.2) is 0 Å². The van der Waals surface area contributed by atoms with Crippen molar-refractivity contribution in [1.29, 1.82) is 5.26 Å². The van der Waals surface area contributed by atoms with Crippen LogP contribution < -0.4 is 10.1 Å². The van der Waals surface area contributed by atoms with Crippen molar-refractivity contribution in [3.05, 3.63) is 89.5 Å². The third-order valence-corrected chi connectivity index (χ3v) is 4.46. The van der Waals surface area contributed by atoms with Crippen LogP contribution in [0.25, 0.3) is 0 Å². The van der Waals surface area contributed by atoms with Gasteiger partial charge in [0.25, 0.3) is 5.91 Å². The highest BCUT2D eigenvalue weighted by molar-refractivity contribution is 6.05. The number of nitrogens with zero attached hydrogens (tertiary/aromatic N) is 1. The van der Waals surface area contributed by atoms with E-state index >= 15 is 0 Å². The second-order valence-corrected chi connectivity index (χ2v) is 6.61. The van der Waals surface area contributed by atoms with Crippen LogP contribution in [-0.2, 0) is 6.42 Å². The molecule has 0 unspecified atom stereocenters. The summed E-state index contributed by atoms with van der Waals surface area (Å²) >= 11 is 0. The van der Waals surface area contributed by atoms with Crippen LogP contribution in [0.1, 0.15) is 34.3 Å². The lowest BCUT2D eigenvalue weighted by Gasteiger charge is -2.09. The molecular formula is C24H22N2O3. The van der Waals surface area contributed by atoms with Gasteiger partial charge in [-0.2, -0.15) is 5.26 Å². The van der Waals surface area contributed by atoms with Crippen molar-refractivity contribution < 1.29 is 14.6 Å². The number of hydrogen-bond donors (Lipinski definition) is 2. The molecule has 0 fully saturated rings. The number of hydrogen-bond acceptors (Lipinski definition) is 4. The van der Waals surface area contributed by atoms with Crippen LogP contribution in [0, 0.1) is 11.3 Å². The van der Waals surface area contributed by atoms with E-state index in [1.54, 1.807) is 24.3 Å². The summed E-state index contributed by atoms with van der Waals surface area (Å²) in [4.78, 5) is 12.4. The van der Waals surface area contributed by atoms with Crippen LogP contribution in [0.4, 0.5) is 5.69 Å². The molecule has 3 aromatic carbocycles. The summed E-state index contributed by atoms with van der Waals surface area (Å²) in [5.74, 6) is 0.244. The second-order valence-electron chi connectivity index (χ2n) is 6.61. The highest BCUT2D eigenvalue weighted by Gasteiger charge is 2.10. The van der Waals surface area contributed by atoms with Crippen molar-refractivity contribution in [3.63, 3.8) is 0 Å². The first-order valence-electron chi connectivity index (χ1n) is 9.47. The topological polar surface area (TPSA) is 82.4 Å². The number of aryl methyl sites for hydroxylation is 1. The molecule has 3 rings (SSSR count). The van der Waals surface area contributed by atoms with Gasteiger partial charge in [0.2, 0.25) is 0 Å². The molecule has 0 aromatic heterocycles. The fraction of sp³-hybridized carbons (Fsp3) is 0.167. The zero-order valence-electron chi connectivity index (χ0n) is 16.0. The van der Waals surface area contributed by atoms with Crippen molar-refractivity contribution in [2.75, 3.05) is 11.9 Å². The normalized spacial score (nSPS) is 10.2. The molecule has 29 heavy (non-hydrogen) atoms. The van der Waals surface area contributed by atoms with Crippen LogP contribution in [0.3, 0.4) is 0 Å². The number of phenols is 1. The van der Waals surface area contributed by atoms with Gasteiger partial charge in [-0.15, -0.1) is 0 Å². The van der Waals surface area contributed by atoms with E-state index in [9.17, 15) is 9.90 Å². The molecule has 3 aromatic rings. The number of carbonyl (C=O) groups excluding carboxylic acids is 1. The highest BCUT2D eigenvalue weighted by Crippen LogP contribution is 2.25. The Balaban J connectivity index is 1.47. The summed E-state index contributed by atoms with van der Waals surface area (Å²) in [5.41, 5.74) is 2.32. The third-order valence-electron chi connectivity index (χ3n) is 4.46. The molecule has 0 radical (unpaired) electrons. The van der Waals surface area contributed by atoms with Crippen molar-refractivity contribution in [1.82, 2.24) is 0 Å². The fourth-order valence-electron chi connectivity index (χ4n) is 2.87. The van der Waals surface area contributed by atoms with E-state index < -0.39 is 0 Å². The molecule has 0 aliphatic carbocycles. The van der Waals surface area contributed by atoms with E-state index in [1.165, 1.54) is 23.8 Å². The van der Waals surface area contributed by atoms with Gasteiger partial charge < -0.3 is 15.2 Å². The van der Waals surface area contributed by atoms with Crippen molar-refractivity contribution >= 4 is 11.6 Å². The number of benzene rings is 3. The molecular weight excluding hydrogens is 364 g/mol. The maximum atomic E-state index is 12.4. The summed E-state index contributed by atoms with van der Waals surface area (Å²) in [6.45, 7) is 0.618. The van der Waals surface area contributed by atoms with E-state index in [4.69, 9.17) is 10.00 Å². The summed E-state index contributed by atoms with van der Waals surface area (Å²) in [6.07, 6.45) is 3.03. The zero-order valence-corrected chi connectivity index (χ0v) is 16.0. The van der Waals surface area contributed by atoms with Gasteiger partial charge in [-0.3, -0.25) is 4.79 Å². The molecule has 0 aliphatic heterocycles. The highest BCUT2D eigenvalue weighted by atomic mass is 16.5. The van der Waals surface area contributed by atoms with Crippen LogP contribution >= 0.6 is 0 Å². The Morgan fingerprint density at radius 3 is 2.48 bits per heavy atom. The lowest BCUT2D eigenvalue weighted by molar-refractivity contribution is 0.102. The molecule has 1 amide bonds. The standard InChI is InChI=1S/C24H22N2O3/c25-17-19-9-14-23(27)22(16-19)26-24(28)20-10-12-21(13-11-20)29-15-5-4-8-18-6-2-1-3-7-18/h1-3,6-7,9-14,16,27H,4-5,8,15H2,(H,26,28). The minimum absolute atomic E-state index is 0.0900. The first-order valence-corrected chi connectivity index (χ1v) is 9.47.